The van der Waals surface area contributed by atoms with Gasteiger partial charge < -0.3 is 4.90 Å². The summed E-state index contributed by atoms with van der Waals surface area (Å²) in [6, 6.07) is 43.8. The molecule has 1 aromatic heterocycles. The van der Waals surface area contributed by atoms with Crippen molar-refractivity contribution in [3.63, 3.8) is 0 Å². The Kier molecular flexibility index (Phi) is 7.13. The topological polar surface area (TPSA) is 3.24 Å². The quantitative estimate of drug-likeness (QED) is 0.197. The smallest absolute Gasteiger partial charge is 0.0458 e. The van der Waals surface area contributed by atoms with Gasteiger partial charge >= 0.3 is 0 Å². The molecule has 0 aliphatic heterocycles. The Morgan fingerprint density at radius 2 is 1.40 bits per heavy atom. The molecule has 6 aromatic rings. The summed E-state index contributed by atoms with van der Waals surface area (Å²) in [5, 5.41) is 2.67. The Morgan fingerprint density at radius 1 is 0.667 bits per heavy atom. The van der Waals surface area contributed by atoms with Gasteiger partial charge in [0.1, 0.15) is 0 Å². The first-order chi connectivity index (χ1) is 20.8. The predicted molar refractivity (Wildman–Crippen MR) is 184 cm³/mol. The Hall–Kier alpha value is -4.92. The molecule has 0 saturated carbocycles. The zero-order valence-electron chi connectivity index (χ0n) is 23.6. The van der Waals surface area contributed by atoms with Crippen LogP contribution in [-0.4, -0.2) is 0 Å². The maximum Gasteiger partial charge on any atom is 0.0458 e. The first-order valence-electron chi connectivity index (χ1n) is 14.4. The van der Waals surface area contributed by atoms with Gasteiger partial charge in [-0.3, -0.25) is 0 Å². The van der Waals surface area contributed by atoms with Crippen molar-refractivity contribution in [2.24, 2.45) is 0 Å². The van der Waals surface area contributed by atoms with Gasteiger partial charge in [0, 0.05) is 43.7 Å². The summed E-state index contributed by atoms with van der Waals surface area (Å²) in [7, 11) is 0. The van der Waals surface area contributed by atoms with Crippen LogP contribution in [0.15, 0.2) is 157 Å². The highest BCUT2D eigenvalue weighted by Gasteiger charge is 2.17. The van der Waals surface area contributed by atoms with E-state index >= 15 is 0 Å². The molecular weight excluding hydrogens is 527 g/mol. The zero-order valence-corrected chi connectivity index (χ0v) is 24.4. The molecule has 0 saturated heterocycles. The summed E-state index contributed by atoms with van der Waals surface area (Å²) >= 11 is 1.87. The monoisotopic (exact) mass is 557 g/mol. The van der Waals surface area contributed by atoms with Crippen molar-refractivity contribution in [1.82, 2.24) is 0 Å². The largest absolute Gasteiger partial charge is 0.314 e. The van der Waals surface area contributed by atoms with Gasteiger partial charge in [-0.15, -0.1) is 11.3 Å². The van der Waals surface area contributed by atoms with Gasteiger partial charge in [-0.05, 0) is 83.3 Å². The van der Waals surface area contributed by atoms with Gasteiger partial charge in [0.25, 0.3) is 0 Å². The maximum absolute atomic E-state index is 2.38. The van der Waals surface area contributed by atoms with Crippen molar-refractivity contribution in [1.29, 1.82) is 0 Å². The van der Waals surface area contributed by atoms with Crippen LogP contribution in [0.25, 0.3) is 42.9 Å². The second-order valence-corrected chi connectivity index (χ2v) is 11.6. The Balaban J connectivity index is 1.29. The number of rotatable bonds is 6. The fraction of sp³-hybridized carbons (Fsp3) is 0.0500. The predicted octanol–water partition coefficient (Wildman–Crippen LogP) is 11.8. The van der Waals surface area contributed by atoms with E-state index in [2.05, 4.69) is 170 Å². The van der Waals surface area contributed by atoms with Crippen molar-refractivity contribution >= 4 is 54.5 Å². The molecule has 0 fully saturated rings. The average Bonchev–Trinajstić information content (AvgIpc) is 3.25. The van der Waals surface area contributed by atoms with E-state index in [1.165, 1.54) is 53.7 Å². The number of anilines is 2. The van der Waals surface area contributed by atoms with Crippen LogP contribution in [0, 0.1) is 0 Å². The van der Waals surface area contributed by atoms with Crippen molar-refractivity contribution in [2.75, 3.05) is 4.90 Å². The molecule has 2 heteroatoms. The molecule has 0 amide bonds. The van der Waals surface area contributed by atoms with E-state index in [1.54, 1.807) is 0 Å². The molecule has 1 aliphatic carbocycles. The molecule has 0 spiro atoms. The van der Waals surface area contributed by atoms with Crippen LogP contribution in [0.2, 0.25) is 0 Å². The fourth-order valence-corrected chi connectivity index (χ4v) is 6.95. The molecule has 7 rings (SSSR count). The van der Waals surface area contributed by atoms with Crippen LogP contribution < -0.4 is 4.90 Å². The summed E-state index contributed by atoms with van der Waals surface area (Å²) < 4.78 is 2.66. The van der Waals surface area contributed by atoms with E-state index in [4.69, 9.17) is 0 Å². The fourth-order valence-electron chi connectivity index (χ4n) is 5.83. The van der Waals surface area contributed by atoms with Crippen LogP contribution in [0.5, 0.6) is 0 Å². The normalized spacial score (nSPS) is 13.4. The van der Waals surface area contributed by atoms with Gasteiger partial charge in [-0.1, -0.05) is 109 Å². The summed E-state index contributed by atoms with van der Waals surface area (Å²) in [6.45, 7) is 2.08. The van der Waals surface area contributed by atoms with Crippen molar-refractivity contribution in [3.05, 3.63) is 169 Å². The van der Waals surface area contributed by atoms with Crippen LogP contribution in [-0.2, 0) is 0 Å². The van der Waals surface area contributed by atoms with Crippen LogP contribution in [0.4, 0.5) is 11.4 Å². The second kappa shape index (κ2) is 11.5. The van der Waals surface area contributed by atoms with E-state index in [9.17, 15) is 0 Å². The molecule has 0 bridgehead atoms. The minimum Gasteiger partial charge on any atom is -0.314 e. The molecule has 42 heavy (non-hydrogen) atoms. The minimum absolute atomic E-state index is 0.847. The SMILES string of the molecule is C/C=C/c1cccc2sc3ccc(-c4ccc(N(C5=CC(c6ccccc6)=CC=CC5)c5ccccc5)cc4)cc3c12. The van der Waals surface area contributed by atoms with Crippen LogP contribution >= 0.6 is 11.3 Å². The lowest BCUT2D eigenvalue weighted by molar-refractivity contribution is 1.08. The summed E-state index contributed by atoms with van der Waals surface area (Å²) in [4.78, 5) is 2.38. The summed E-state index contributed by atoms with van der Waals surface area (Å²) in [5.74, 6) is 0. The number of nitrogens with zero attached hydrogens (tertiary/aromatic N) is 1. The number of fused-ring (bicyclic) bond motifs is 3. The van der Waals surface area contributed by atoms with Gasteiger partial charge in [-0.2, -0.15) is 0 Å². The van der Waals surface area contributed by atoms with Crippen LogP contribution in [0.3, 0.4) is 0 Å². The van der Waals surface area contributed by atoms with Crippen molar-refractivity contribution < 1.29 is 0 Å². The van der Waals surface area contributed by atoms with Gasteiger partial charge in [0.05, 0.1) is 0 Å². The third-order valence-corrected chi connectivity index (χ3v) is 8.94. The highest BCUT2D eigenvalue weighted by molar-refractivity contribution is 7.25. The molecule has 1 heterocycles. The second-order valence-electron chi connectivity index (χ2n) is 10.5. The number of thiophene rings is 1. The molecule has 0 radical (unpaired) electrons. The minimum atomic E-state index is 0.847. The highest BCUT2D eigenvalue weighted by Crippen LogP contribution is 2.40. The van der Waals surface area contributed by atoms with Crippen molar-refractivity contribution in [2.45, 2.75) is 13.3 Å². The summed E-state index contributed by atoms with van der Waals surface area (Å²) in [6.07, 6.45) is 14.1. The molecule has 1 aliphatic rings. The molecule has 5 aromatic carbocycles. The van der Waals surface area contributed by atoms with Gasteiger partial charge in [-0.25, -0.2) is 0 Å². The molecule has 0 atom stereocenters. The third-order valence-electron chi connectivity index (χ3n) is 7.80. The van der Waals surface area contributed by atoms with E-state index in [-0.39, 0.29) is 0 Å². The number of benzene rings is 5. The van der Waals surface area contributed by atoms with Gasteiger partial charge in [0.2, 0.25) is 0 Å². The van der Waals surface area contributed by atoms with E-state index in [0.717, 1.165) is 17.8 Å². The Bertz CT molecular complexity index is 1990. The summed E-state index contributed by atoms with van der Waals surface area (Å²) in [5.41, 5.74) is 9.71. The lowest BCUT2D eigenvalue weighted by Gasteiger charge is -2.28. The van der Waals surface area contributed by atoms with E-state index in [0.29, 0.717) is 0 Å². The molecule has 0 unspecified atom stereocenters. The third kappa shape index (κ3) is 5.02. The first-order valence-corrected chi connectivity index (χ1v) is 15.3. The molecule has 0 N–H and O–H groups in total. The maximum atomic E-state index is 2.38. The number of hydrogen-bond donors (Lipinski definition) is 0. The average molecular weight is 558 g/mol. The Labute approximate surface area is 251 Å². The highest BCUT2D eigenvalue weighted by atomic mass is 32.1. The zero-order chi connectivity index (χ0) is 28.3. The lowest BCUT2D eigenvalue weighted by Crippen LogP contribution is -2.16. The van der Waals surface area contributed by atoms with Gasteiger partial charge in [0.15, 0.2) is 0 Å². The van der Waals surface area contributed by atoms with E-state index < -0.39 is 0 Å². The molecule has 1 nitrogen and oxygen atoms in total. The van der Waals surface area contributed by atoms with Crippen LogP contribution in [0.1, 0.15) is 24.5 Å². The number of para-hydroxylation sites is 1. The number of allylic oxidation sites excluding steroid dienone is 6. The standard InChI is InChI=1S/C40H31NS/c1-2-12-31-16-11-20-39-40(31)37-28-33(23-26-38(37)42-39)30-21-24-35(25-22-30)41(34-17-7-4-8-18-34)36-19-10-9-15-32(27-36)29-13-5-3-6-14-29/h2-18,20-28H,19H2,1H3/b12-2+. The lowest BCUT2D eigenvalue weighted by atomic mass is 10.00. The Morgan fingerprint density at radius 3 is 2.19 bits per heavy atom. The molecular formula is C40H31NS. The first kappa shape index (κ1) is 26.0. The van der Waals surface area contributed by atoms with Crippen molar-refractivity contribution in [3.8, 4) is 11.1 Å². The molecule has 202 valence electrons. The number of hydrogen-bond acceptors (Lipinski definition) is 2. The van der Waals surface area contributed by atoms with E-state index in [1.807, 2.05) is 11.3 Å².